The van der Waals surface area contributed by atoms with E-state index in [4.69, 9.17) is 4.74 Å². The molecule has 30 heavy (non-hydrogen) atoms. The Balaban J connectivity index is 1.69. The summed E-state index contributed by atoms with van der Waals surface area (Å²) in [6.07, 6.45) is 1.90. The fraction of sp³-hybridized carbons (Fsp3) is 0.238. The summed E-state index contributed by atoms with van der Waals surface area (Å²) < 4.78 is 47.6. The van der Waals surface area contributed by atoms with E-state index < -0.39 is 21.8 Å². The molecule has 0 aliphatic carbocycles. The number of nitrogens with zero attached hydrogens (tertiary/aromatic N) is 3. The Bertz CT molecular complexity index is 1210. The summed E-state index contributed by atoms with van der Waals surface area (Å²) >= 11 is 0. The smallest absolute Gasteiger partial charge is 0.342 e. The van der Waals surface area contributed by atoms with Crippen LogP contribution in [0.3, 0.4) is 0 Å². The molecule has 0 saturated heterocycles. The maximum Gasteiger partial charge on any atom is 0.342 e. The molecule has 2 aromatic carbocycles. The Morgan fingerprint density at radius 2 is 1.93 bits per heavy atom. The van der Waals surface area contributed by atoms with Crippen molar-refractivity contribution in [3.63, 3.8) is 0 Å². The molecule has 1 aromatic heterocycles. The first-order chi connectivity index (χ1) is 14.4. The molecule has 1 aliphatic rings. The van der Waals surface area contributed by atoms with Crippen LogP contribution in [0.4, 0.5) is 4.39 Å². The number of benzene rings is 2. The molecule has 0 bridgehead atoms. The van der Waals surface area contributed by atoms with Crippen molar-refractivity contribution in [1.29, 1.82) is 0 Å². The Hall–Kier alpha value is -3.04. The zero-order valence-electron chi connectivity index (χ0n) is 16.3. The highest BCUT2D eigenvalue weighted by molar-refractivity contribution is 7.89. The third kappa shape index (κ3) is 3.86. The lowest BCUT2D eigenvalue weighted by Crippen LogP contribution is -2.36. The molecule has 0 unspecified atom stereocenters. The second-order valence-electron chi connectivity index (χ2n) is 7.02. The highest BCUT2D eigenvalue weighted by atomic mass is 32.2. The molecule has 0 radical (unpaired) electrons. The van der Waals surface area contributed by atoms with Crippen molar-refractivity contribution in [3.05, 3.63) is 82.8 Å². The number of aromatic nitrogens is 2. The highest BCUT2D eigenvalue weighted by Gasteiger charge is 2.35. The van der Waals surface area contributed by atoms with Gasteiger partial charge < -0.3 is 4.74 Å². The first-order valence-corrected chi connectivity index (χ1v) is 10.8. The molecule has 9 heteroatoms. The maximum absolute atomic E-state index is 13.5. The molecular formula is C21H20FN3O4S. The normalized spacial score (nSPS) is 14.3. The minimum atomic E-state index is -4.04. The summed E-state index contributed by atoms with van der Waals surface area (Å²) in [6, 6.07) is 13.5. The predicted molar refractivity (Wildman–Crippen MR) is 107 cm³/mol. The standard InChI is InChI=1S/C21H20FN3O4S/c1-29-21(26)19-14-24(12-15-5-4-8-18(22)11-15)23-20(19)30(27,28)25-10-9-16-6-2-3-7-17(16)13-25/h2-8,11,14H,9-10,12-13H2,1H3. The number of carbonyl (C=O) groups is 1. The van der Waals surface area contributed by atoms with Crippen LogP contribution in [0.1, 0.15) is 27.0 Å². The van der Waals surface area contributed by atoms with Crippen molar-refractivity contribution in [2.45, 2.75) is 24.5 Å². The van der Waals surface area contributed by atoms with Crippen LogP contribution in [0.15, 0.2) is 59.8 Å². The second kappa shape index (κ2) is 8.00. The van der Waals surface area contributed by atoms with E-state index in [1.165, 1.54) is 34.4 Å². The number of rotatable bonds is 5. The zero-order valence-corrected chi connectivity index (χ0v) is 17.1. The van der Waals surface area contributed by atoms with E-state index in [2.05, 4.69) is 5.10 Å². The van der Waals surface area contributed by atoms with Gasteiger partial charge in [-0.05, 0) is 35.2 Å². The second-order valence-corrected chi connectivity index (χ2v) is 8.88. The first kappa shape index (κ1) is 20.2. The predicted octanol–water partition coefficient (Wildman–Crippen LogP) is 2.60. The number of hydrogen-bond acceptors (Lipinski definition) is 5. The van der Waals surface area contributed by atoms with Gasteiger partial charge in [0.05, 0.1) is 13.7 Å². The van der Waals surface area contributed by atoms with Gasteiger partial charge in [0.25, 0.3) is 10.0 Å². The van der Waals surface area contributed by atoms with Crippen LogP contribution in [0, 0.1) is 5.82 Å². The molecule has 7 nitrogen and oxygen atoms in total. The molecule has 0 fully saturated rings. The van der Waals surface area contributed by atoms with E-state index in [9.17, 15) is 17.6 Å². The average Bonchev–Trinajstić information content (AvgIpc) is 3.17. The first-order valence-electron chi connectivity index (χ1n) is 9.35. The summed E-state index contributed by atoms with van der Waals surface area (Å²) in [5.41, 5.74) is 2.47. The Morgan fingerprint density at radius 1 is 1.17 bits per heavy atom. The number of sulfonamides is 1. The van der Waals surface area contributed by atoms with Crippen molar-refractivity contribution >= 4 is 16.0 Å². The lowest BCUT2D eigenvalue weighted by atomic mass is 10.0. The van der Waals surface area contributed by atoms with E-state index in [1.54, 1.807) is 12.1 Å². The van der Waals surface area contributed by atoms with Gasteiger partial charge in [-0.15, -0.1) is 0 Å². The molecule has 0 atom stereocenters. The summed E-state index contributed by atoms with van der Waals surface area (Å²) in [5, 5.41) is 3.81. The van der Waals surface area contributed by atoms with Gasteiger partial charge >= 0.3 is 5.97 Å². The Morgan fingerprint density at radius 3 is 2.67 bits per heavy atom. The van der Waals surface area contributed by atoms with Gasteiger partial charge in [0.1, 0.15) is 11.4 Å². The zero-order chi connectivity index (χ0) is 21.3. The van der Waals surface area contributed by atoms with Gasteiger partial charge in [-0.1, -0.05) is 36.4 Å². The number of halogens is 1. The third-order valence-electron chi connectivity index (χ3n) is 5.05. The summed E-state index contributed by atoms with van der Waals surface area (Å²) in [6.45, 7) is 0.604. The Kier molecular flexibility index (Phi) is 5.40. The molecular weight excluding hydrogens is 409 g/mol. The number of carbonyl (C=O) groups excluding carboxylic acids is 1. The van der Waals surface area contributed by atoms with Crippen molar-refractivity contribution in [2.75, 3.05) is 13.7 Å². The molecule has 0 spiro atoms. The minimum Gasteiger partial charge on any atom is -0.465 e. The van der Waals surface area contributed by atoms with Crippen LogP contribution in [0.25, 0.3) is 0 Å². The van der Waals surface area contributed by atoms with Gasteiger partial charge in [-0.3, -0.25) is 4.68 Å². The highest BCUT2D eigenvalue weighted by Crippen LogP contribution is 2.26. The SMILES string of the molecule is COC(=O)c1cn(Cc2cccc(F)c2)nc1S(=O)(=O)N1CCc2ccccc2C1. The van der Waals surface area contributed by atoms with Crippen LogP contribution in [-0.4, -0.2) is 42.1 Å². The molecule has 3 aromatic rings. The quantitative estimate of drug-likeness (QED) is 0.583. The summed E-state index contributed by atoms with van der Waals surface area (Å²) in [7, 11) is -2.86. The lowest BCUT2D eigenvalue weighted by Gasteiger charge is -2.27. The van der Waals surface area contributed by atoms with Gasteiger partial charge in [0.2, 0.25) is 5.03 Å². The number of hydrogen-bond donors (Lipinski definition) is 0. The van der Waals surface area contributed by atoms with E-state index in [-0.39, 0.29) is 30.2 Å². The van der Waals surface area contributed by atoms with E-state index in [0.29, 0.717) is 12.0 Å². The largest absolute Gasteiger partial charge is 0.465 e. The van der Waals surface area contributed by atoms with Gasteiger partial charge in [-0.2, -0.15) is 9.40 Å². The summed E-state index contributed by atoms with van der Waals surface area (Å²) in [4.78, 5) is 12.3. The average molecular weight is 429 g/mol. The van der Waals surface area contributed by atoms with Crippen LogP contribution >= 0.6 is 0 Å². The number of ether oxygens (including phenoxy) is 1. The molecule has 0 saturated carbocycles. The van der Waals surface area contributed by atoms with E-state index in [0.717, 1.165) is 11.1 Å². The van der Waals surface area contributed by atoms with Crippen LogP contribution in [-0.2, 0) is 34.3 Å². The number of methoxy groups -OCH3 is 1. The molecule has 156 valence electrons. The molecule has 2 heterocycles. The number of fused-ring (bicyclic) bond motifs is 1. The van der Waals surface area contributed by atoms with Crippen molar-refractivity contribution in [1.82, 2.24) is 14.1 Å². The van der Waals surface area contributed by atoms with E-state index >= 15 is 0 Å². The van der Waals surface area contributed by atoms with Crippen molar-refractivity contribution < 1.29 is 22.3 Å². The molecule has 0 N–H and O–H groups in total. The monoisotopic (exact) mass is 429 g/mol. The third-order valence-corrected chi connectivity index (χ3v) is 6.83. The molecule has 0 amide bonds. The molecule has 4 rings (SSSR count). The topological polar surface area (TPSA) is 81.5 Å². The van der Waals surface area contributed by atoms with Gasteiger partial charge in [0, 0.05) is 19.3 Å². The number of esters is 1. The van der Waals surface area contributed by atoms with Crippen molar-refractivity contribution in [3.8, 4) is 0 Å². The van der Waals surface area contributed by atoms with Crippen LogP contribution < -0.4 is 0 Å². The molecule has 1 aliphatic heterocycles. The van der Waals surface area contributed by atoms with Crippen molar-refractivity contribution in [2.24, 2.45) is 0 Å². The van der Waals surface area contributed by atoms with Gasteiger partial charge in [0.15, 0.2) is 0 Å². The fourth-order valence-corrected chi connectivity index (χ4v) is 5.05. The fourth-order valence-electron chi connectivity index (χ4n) is 3.54. The summed E-state index contributed by atoms with van der Waals surface area (Å²) in [5.74, 6) is -1.20. The Labute approximate surface area is 173 Å². The van der Waals surface area contributed by atoms with Crippen LogP contribution in [0.5, 0.6) is 0 Å². The lowest BCUT2D eigenvalue weighted by molar-refractivity contribution is 0.0596. The van der Waals surface area contributed by atoms with Gasteiger partial charge in [-0.25, -0.2) is 17.6 Å². The van der Waals surface area contributed by atoms with Crippen LogP contribution in [0.2, 0.25) is 0 Å². The van der Waals surface area contributed by atoms with E-state index in [1.807, 2.05) is 24.3 Å². The maximum atomic E-state index is 13.5. The minimum absolute atomic E-state index is 0.111.